The zero-order chi connectivity index (χ0) is 17.2. The molecule has 2 rings (SSSR count). The van der Waals surface area contributed by atoms with Gasteiger partial charge in [0.05, 0.1) is 0 Å². The lowest BCUT2D eigenvalue weighted by Crippen LogP contribution is -3.00. The van der Waals surface area contributed by atoms with Crippen LogP contribution in [-0.2, 0) is 7.05 Å². The molecule has 1 aromatic heterocycles. The molecule has 0 aliphatic heterocycles. The first-order valence-electron chi connectivity index (χ1n) is 8.74. The number of pyridine rings is 1. The summed E-state index contributed by atoms with van der Waals surface area (Å²) >= 11 is 4.26. The zero-order valence-electron chi connectivity index (χ0n) is 15.2. The third-order valence-electron chi connectivity index (χ3n) is 4.21. The van der Waals surface area contributed by atoms with Crippen LogP contribution in [0.4, 0.5) is 5.69 Å². The molecule has 0 saturated heterocycles. The van der Waals surface area contributed by atoms with E-state index >= 15 is 0 Å². The number of anilines is 1. The minimum absolute atomic E-state index is 0. The first-order valence-corrected chi connectivity index (χ1v) is 9.38. The number of hydrogen-bond acceptors (Lipinski definition) is 2. The van der Waals surface area contributed by atoms with Crippen LogP contribution in [0.1, 0.15) is 36.8 Å². The van der Waals surface area contributed by atoms with E-state index in [1.807, 2.05) is 11.6 Å². The molecule has 0 saturated carbocycles. The van der Waals surface area contributed by atoms with Gasteiger partial charge < -0.3 is 28.9 Å². The molecule has 0 bridgehead atoms. The van der Waals surface area contributed by atoms with Crippen molar-refractivity contribution in [3.8, 4) is 0 Å². The molecule has 1 aromatic carbocycles. The molecule has 2 nitrogen and oxygen atoms in total. The molecule has 0 amide bonds. The molecule has 0 aliphatic carbocycles. The lowest BCUT2D eigenvalue weighted by atomic mass is 10.1. The van der Waals surface area contributed by atoms with Gasteiger partial charge in [-0.2, -0.15) is 12.6 Å². The number of aryl methyl sites for hydroxylation is 1. The van der Waals surface area contributed by atoms with Crippen LogP contribution in [0.5, 0.6) is 0 Å². The second-order valence-electron chi connectivity index (χ2n) is 6.28. The predicted molar refractivity (Wildman–Crippen MR) is 109 cm³/mol. The topological polar surface area (TPSA) is 7.12 Å². The third kappa shape index (κ3) is 8.27. The Kier molecular flexibility index (Phi) is 10.9. The van der Waals surface area contributed by atoms with Crippen LogP contribution in [0.2, 0.25) is 0 Å². The highest BCUT2D eigenvalue weighted by molar-refractivity contribution is 7.80. The molecule has 0 radical (unpaired) electrons. The quantitative estimate of drug-likeness (QED) is 0.254. The van der Waals surface area contributed by atoms with Gasteiger partial charge >= 0.3 is 0 Å². The second kappa shape index (κ2) is 12.4. The molecule has 0 atom stereocenters. The Balaban J connectivity index is 0.00000312. The van der Waals surface area contributed by atoms with Gasteiger partial charge in [0.1, 0.15) is 7.05 Å². The predicted octanol–water partition coefficient (Wildman–Crippen LogP) is 1.61. The fourth-order valence-corrected chi connectivity index (χ4v) is 2.82. The minimum atomic E-state index is 0. The first-order chi connectivity index (χ1) is 11.7. The van der Waals surface area contributed by atoms with Crippen molar-refractivity contribution in [2.45, 2.75) is 25.7 Å². The molecule has 0 N–H and O–H groups in total. The van der Waals surface area contributed by atoms with Gasteiger partial charge in [-0.05, 0) is 41.9 Å². The van der Waals surface area contributed by atoms with Crippen molar-refractivity contribution in [1.82, 2.24) is 0 Å². The maximum absolute atomic E-state index is 4.26. The summed E-state index contributed by atoms with van der Waals surface area (Å²) in [6.07, 6.45) is 13.5. The first kappa shape index (κ1) is 22.0. The molecular formula is C21H29IN2S. The number of aromatic nitrogens is 1. The van der Waals surface area contributed by atoms with Crippen molar-refractivity contribution >= 4 is 30.5 Å². The fraction of sp³-hybridized carbons (Fsp3) is 0.381. The number of benzene rings is 1. The Morgan fingerprint density at radius 2 is 1.44 bits per heavy atom. The molecule has 4 heteroatoms. The van der Waals surface area contributed by atoms with Crippen LogP contribution in [0.25, 0.3) is 12.2 Å². The van der Waals surface area contributed by atoms with Crippen molar-refractivity contribution in [2.24, 2.45) is 7.05 Å². The lowest BCUT2D eigenvalue weighted by Gasteiger charge is -2.19. The number of halogens is 1. The molecule has 1 heterocycles. The van der Waals surface area contributed by atoms with E-state index in [4.69, 9.17) is 0 Å². The van der Waals surface area contributed by atoms with Crippen molar-refractivity contribution < 1.29 is 28.5 Å². The van der Waals surface area contributed by atoms with Gasteiger partial charge in [-0.15, -0.1) is 0 Å². The van der Waals surface area contributed by atoms with E-state index in [0.29, 0.717) is 0 Å². The van der Waals surface area contributed by atoms with Gasteiger partial charge in [-0.1, -0.05) is 37.1 Å². The van der Waals surface area contributed by atoms with Crippen LogP contribution in [0.15, 0.2) is 48.8 Å². The van der Waals surface area contributed by atoms with Crippen molar-refractivity contribution in [3.05, 3.63) is 59.9 Å². The van der Waals surface area contributed by atoms with E-state index in [0.717, 1.165) is 12.3 Å². The van der Waals surface area contributed by atoms with Gasteiger partial charge in [-0.25, -0.2) is 4.57 Å². The van der Waals surface area contributed by atoms with Gasteiger partial charge in [0.15, 0.2) is 12.4 Å². The van der Waals surface area contributed by atoms with Crippen LogP contribution >= 0.6 is 12.6 Å². The minimum Gasteiger partial charge on any atom is -1.00 e. The highest BCUT2D eigenvalue weighted by Crippen LogP contribution is 2.16. The maximum Gasteiger partial charge on any atom is 0.169 e. The Morgan fingerprint density at radius 3 is 2.04 bits per heavy atom. The molecule has 0 aliphatic rings. The van der Waals surface area contributed by atoms with E-state index in [1.54, 1.807) is 0 Å². The second-order valence-corrected chi connectivity index (χ2v) is 6.73. The van der Waals surface area contributed by atoms with Crippen molar-refractivity contribution in [2.75, 3.05) is 24.2 Å². The standard InChI is InChI=1S/C21H28N2S.HI/c1-22-16-13-20(14-17-22)8-7-19-9-11-21(12-10-19)23(2)15-5-3-4-6-18-24;/h7-14,16-17H,3-6,15,18H2,1-2H3;1H. The Labute approximate surface area is 175 Å². The summed E-state index contributed by atoms with van der Waals surface area (Å²) in [7, 11) is 4.20. The van der Waals surface area contributed by atoms with E-state index in [1.165, 1.54) is 42.5 Å². The number of nitrogens with zero attached hydrogens (tertiary/aromatic N) is 2. The molecule has 0 unspecified atom stereocenters. The maximum atomic E-state index is 4.26. The monoisotopic (exact) mass is 468 g/mol. The van der Waals surface area contributed by atoms with Gasteiger partial charge in [0.2, 0.25) is 0 Å². The smallest absolute Gasteiger partial charge is 0.169 e. The number of rotatable bonds is 9. The highest BCUT2D eigenvalue weighted by atomic mass is 127. The summed E-state index contributed by atoms with van der Waals surface area (Å²) in [5, 5.41) is 0. The van der Waals surface area contributed by atoms with E-state index in [-0.39, 0.29) is 24.0 Å². The molecular weight excluding hydrogens is 439 g/mol. The summed E-state index contributed by atoms with van der Waals surface area (Å²) in [5.41, 5.74) is 3.73. The van der Waals surface area contributed by atoms with Crippen LogP contribution in [-0.4, -0.2) is 19.3 Å². The van der Waals surface area contributed by atoms with Gasteiger partial charge in [0.25, 0.3) is 0 Å². The Morgan fingerprint density at radius 1 is 0.880 bits per heavy atom. The van der Waals surface area contributed by atoms with Crippen LogP contribution in [0, 0.1) is 0 Å². The summed E-state index contributed by atoms with van der Waals surface area (Å²) in [6.45, 7) is 1.11. The van der Waals surface area contributed by atoms with E-state index < -0.39 is 0 Å². The molecule has 0 spiro atoms. The number of unbranched alkanes of at least 4 members (excludes halogenated alkanes) is 3. The molecule has 25 heavy (non-hydrogen) atoms. The van der Waals surface area contributed by atoms with E-state index in [2.05, 4.69) is 85.5 Å². The SMILES string of the molecule is CN(CCCCCCS)c1ccc(/C=C/c2cc[n+](C)cc2)cc1.[I-]. The summed E-state index contributed by atoms with van der Waals surface area (Å²) in [5.74, 6) is 1.01. The molecule has 2 aromatic rings. The average Bonchev–Trinajstić information content (AvgIpc) is 2.61. The Bertz CT molecular complexity index is 623. The highest BCUT2D eigenvalue weighted by Gasteiger charge is 2.00. The summed E-state index contributed by atoms with van der Waals surface area (Å²) in [6, 6.07) is 13.0. The zero-order valence-corrected chi connectivity index (χ0v) is 18.3. The third-order valence-corrected chi connectivity index (χ3v) is 4.52. The van der Waals surface area contributed by atoms with Crippen LogP contribution < -0.4 is 33.4 Å². The molecule has 0 fully saturated rings. The summed E-state index contributed by atoms with van der Waals surface area (Å²) < 4.78 is 2.04. The van der Waals surface area contributed by atoms with Gasteiger partial charge in [-0.3, -0.25) is 0 Å². The fourth-order valence-electron chi connectivity index (χ4n) is 2.60. The lowest BCUT2D eigenvalue weighted by molar-refractivity contribution is -0.671. The van der Waals surface area contributed by atoms with Crippen molar-refractivity contribution in [1.29, 1.82) is 0 Å². The number of thiol groups is 1. The number of hydrogen-bond donors (Lipinski definition) is 1. The summed E-state index contributed by atoms with van der Waals surface area (Å²) in [4.78, 5) is 2.34. The van der Waals surface area contributed by atoms with E-state index in [9.17, 15) is 0 Å². The normalized spacial score (nSPS) is 10.7. The molecule has 136 valence electrons. The Hall–Kier alpha value is -1.01. The van der Waals surface area contributed by atoms with Crippen molar-refractivity contribution in [3.63, 3.8) is 0 Å². The largest absolute Gasteiger partial charge is 1.00 e. The average molecular weight is 468 g/mol. The van der Waals surface area contributed by atoms with Gasteiger partial charge in [0, 0.05) is 31.4 Å². The van der Waals surface area contributed by atoms with Crippen LogP contribution in [0.3, 0.4) is 0 Å².